The Bertz CT molecular complexity index is 1220. The van der Waals surface area contributed by atoms with Gasteiger partial charge in [-0.1, -0.05) is 84.9 Å². The van der Waals surface area contributed by atoms with E-state index in [0.29, 0.717) is 12.8 Å². The van der Waals surface area contributed by atoms with Crippen molar-refractivity contribution in [1.29, 1.82) is 0 Å². The Balaban J connectivity index is 1.52. The molecule has 4 atom stereocenters. The maximum atomic E-state index is 13.7. The number of nitrogens with one attached hydrogen (secondary N) is 2. The molecule has 206 valence electrons. The molecule has 6 nitrogen and oxygen atoms in total. The van der Waals surface area contributed by atoms with Crippen LogP contribution in [0.15, 0.2) is 84.9 Å². The smallest absolute Gasteiger partial charge is 0.407 e. The van der Waals surface area contributed by atoms with Crippen molar-refractivity contribution >= 4 is 12.0 Å². The van der Waals surface area contributed by atoms with Crippen molar-refractivity contribution in [2.24, 2.45) is 5.92 Å². The van der Waals surface area contributed by atoms with E-state index in [1.165, 1.54) is 11.1 Å². The number of fused-ring (bicyclic) bond motifs is 1. The van der Waals surface area contributed by atoms with Gasteiger partial charge in [0.1, 0.15) is 5.60 Å². The summed E-state index contributed by atoms with van der Waals surface area (Å²) in [6, 6.07) is 27.1. The summed E-state index contributed by atoms with van der Waals surface area (Å²) in [6.07, 6.45) is 1.35. The van der Waals surface area contributed by atoms with Gasteiger partial charge in [0.05, 0.1) is 18.2 Å². The number of amides is 2. The second-order valence-corrected chi connectivity index (χ2v) is 11.4. The molecule has 3 aromatic carbocycles. The number of carbonyl (C=O) groups is 2. The van der Waals surface area contributed by atoms with Gasteiger partial charge in [0.2, 0.25) is 5.91 Å². The van der Waals surface area contributed by atoms with Gasteiger partial charge in [-0.2, -0.15) is 0 Å². The molecule has 0 saturated heterocycles. The molecule has 0 fully saturated rings. The van der Waals surface area contributed by atoms with Crippen LogP contribution in [0.2, 0.25) is 0 Å². The van der Waals surface area contributed by atoms with Crippen molar-refractivity contribution in [1.82, 2.24) is 10.6 Å². The minimum Gasteiger partial charge on any atom is -0.444 e. The van der Waals surface area contributed by atoms with Crippen LogP contribution in [-0.2, 0) is 28.8 Å². The lowest BCUT2D eigenvalue weighted by atomic mass is 9.88. The normalized spacial score (nSPS) is 17.0. The summed E-state index contributed by atoms with van der Waals surface area (Å²) in [6.45, 7) is 5.41. The van der Waals surface area contributed by atoms with Crippen molar-refractivity contribution in [2.75, 3.05) is 0 Å². The fourth-order valence-electron chi connectivity index (χ4n) is 5.24. The van der Waals surface area contributed by atoms with Crippen LogP contribution in [-0.4, -0.2) is 34.9 Å². The topological polar surface area (TPSA) is 87.7 Å². The molecule has 0 bridgehead atoms. The molecular formula is C33H40N2O4. The van der Waals surface area contributed by atoms with Crippen molar-refractivity contribution in [2.45, 2.75) is 76.7 Å². The van der Waals surface area contributed by atoms with Crippen LogP contribution in [0.4, 0.5) is 4.79 Å². The molecule has 3 N–H and O–H groups in total. The minimum atomic E-state index is -0.965. The summed E-state index contributed by atoms with van der Waals surface area (Å²) in [4.78, 5) is 26.4. The molecule has 1 aliphatic rings. The predicted molar refractivity (Wildman–Crippen MR) is 153 cm³/mol. The molecule has 6 heteroatoms. The van der Waals surface area contributed by atoms with Crippen molar-refractivity contribution in [3.05, 3.63) is 107 Å². The van der Waals surface area contributed by atoms with Crippen LogP contribution < -0.4 is 10.6 Å². The second kappa shape index (κ2) is 12.9. The number of ether oxygens (including phenoxy) is 1. The third-order valence-electron chi connectivity index (χ3n) is 7.14. The first kappa shape index (κ1) is 28.4. The predicted octanol–water partition coefficient (Wildman–Crippen LogP) is 5.54. The Labute approximate surface area is 231 Å². The molecule has 0 spiro atoms. The van der Waals surface area contributed by atoms with E-state index in [0.717, 1.165) is 24.0 Å². The van der Waals surface area contributed by atoms with E-state index in [1.807, 2.05) is 72.8 Å². The Kier molecular flexibility index (Phi) is 9.41. The molecule has 0 aliphatic heterocycles. The Morgan fingerprint density at radius 3 is 2.13 bits per heavy atom. The number of hydrogen-bond donors (Lipinski definition) is 3. The van der Waals surface area contributed by atoms with E-state index in [1.54, 1.807) is 20.8 Å². The van der Waals surface area contributed by atoms with Gasteiger partial charge in [0.15, 0.2) is 0 Å². The average molecular weight is 529 g/mol. The lowest BCUT2D eigenvalue weighted by Gasteiger charge is -2.29. The molecule has 39 heavy (non-hydrogen) atoms. The maximum absolute atomic E-state index is 13.7. The first-order valence-corrected chi connectivity index (χ1v) is 13.8. The molecule has 0 aromatic heterocycles. The van der Waals surface area contributed by atoms with Gasteiger partial charge < -0.3 is 20.5 Å². The van der Waals surface area contributed by atoms with E-state index < -0.39 is 29.8 Å². The number of rotatable bonds is 10. The van der Waals surface area contributed by atoms with Crippen molar-refractivity contribution in [3.63, 3.8) is 0 Å². The number of aliphatic hydroxyl groups excluding tert-OH is 1. The summed E-state index contributed by atoms with van der Waals surface area (Å²) in [5.41, 5.74) is 3.77. The molecule has 4 rings (SSSR count). The minimum absolute atomic E-state index is 0.0379. The SMILES string of the molecule is CC(C)(C)OC(=O)N[C@@H](Cc1ccccc1)[C@@H](O)C[C@@H](Cc1ccccc1)C(=O)NC1CCc2ccccc21. The number of hydrogen-bond acceptors (Lipinski definition) is 4. The number of alkyl carbamates (subject to hydrolysis) is 1. The first-order chi connectivity index (χ1) is 18.7. The number of carbonyl (C=O) groups excluding carboxylic acids is 2. The Morgan fingerprint density at radius 1 is 0.897 bits per heavy atom. The van der Waals surface area contributed by atoms with E-state index >= 15 is 0 Å². The fraction of sp³-hybridized carbons (Fsp3) is 0.394. The number of benzene rings is 3. The number of aryl methyl sites for hydroxylation is 1. The lowest BCUT2D eigenvalue weighted by Crippen LogP contribution is -2.48. The van der Waals surface area contributed by atoms with Gasteiger partial charge in [-0.15, -0.1) is 0 Å². The largest absolute Gasteiger partial charge is 0.444 e. The maximum Gasteiger partial charge on any atom is 0.407 e. The van der Waals surface area contributed by atoms with E-state index in [-0.39, 0.29) is 18.4 Å². The second-order valence-electron chi connectivity index (χ2n) is 11.4. The zero-order valence-corrected chi connectivity index (χ0v) is 23.1. The van der Waals surface area contributed by atoms with Gasteiger partial charge >= 0.3 is 6.09 Å². The van der Waals surface area contributed by atoms with Gasteiger partial charge in [-0.05, 0) is 75.1 Å². The molecule has 2 amide bonds. The highest BCUT2D eigenvalue weighted by atomic mass is 16.6. The highest BCUT2D eigenvalue weighted by Crippen LogP contribution is 2.31. The van der Waals surface area contributed by atoms with Crippen LogP contribution >= 0.6 is 0 Å². The molecular weight excluding hydrogens is 488 g/mol. The molecule has 0 heterocycles. The summed E-state index contributed by atoms with van der Waals surface area (Å²) in [7, 11) is 0. The van der Waals surface area contributed by atoms with Gasteiger partial charge in [-0.3, -0.25) is 4.79 Å². The Morgan fingerprint density at radius 2 is 1.49 bits per heavy atom. The van der Waals surface area contributed by atoms with Gasteiger partial charge in [-0.25, -0.2) is 4.79 Å². The van der Waals surface area contributed by atoms with Gasteiger partial charge in [0.25, 0.3) is 0 Å². The lowest BCUT2D eigenvalue weighted by molar-refractivity contribution is -0.127. The monoisotopic (exact) mass is 528 g/mol. The summed E-state index contributed by atoms with van der Waals surface area (Å²) >= 11 is 0. The fourth-order valence-corrected chi connectivity index (χ4v) is 5.24. The van der Waals surface area contributed by atoms with Crippen LogP contribution in [0.3, 0.4) is 0 Å². The Hall–Kier alpha value is -3.64. The standard InChI is InChI=1S/C33H40N2O4/c1-33(2,3)39-32(38)35-29(21-24-14-8-5-9-15-24)30(36)22-26(20-23-12-6-4-7-13-23)31(37)34-28-19-18-25-16-10-11-17-27(25)28/h4-17,26,28-30,36H,18-22H2,1-3H3,(H,34,37)(H,35,38)/t26-,28?,29+,30+/m1/s1. The summed E-state index contributed by atoms with van der Waals surface area (Å²) < 4.78 is 5.49. The van der Waals surface area contributed by atoms with Crippen LogP contribution in [0.5, 0.6) is 0 Å². The van der Waals surface area contributed by atoms with Crippen LogP contribution in [0.25, 0.3) is 0 Å². The van der Waals surface area contributed by atoms with Crippen molar-refractivity contribution in [3.8, 4) is 0 Å². The zero-order valence-electron chi connectivity index (χ0n) is 23.1. The summed E-state index contributed by atoms with van der Waals surface area (Å²) in [5, 5.41) is 17.6. The van der Waals surface area contributed by atoms with E-state index in [4.69, 9.17) is 4.74 Å². The molecule has 0 radical (unpaired) electrons. The molecule has 1 aliphatic carbocycles. The van der Waals surface area contributed by atoms with Gasteiger partial charge in [0, 0.05) is 5.92 Å². The quantitative estimate of drug-likeness (QED) is 0.323. The summed E-state index contributed by atoms with van der Waals surface area (Å²) in [5.74, 6) is -0.566. The number of aliphatic hydroxyl groups is 1. The third-order valence-corrected chi connectivity index (χ3v) is 7.14. The molecule has 1 unspecified atom stereocenters. The third kappa shape index (κ3) is 8.42. The zero-order chi connectivity index (χ0) is 27.8. The average Bonchev–Trinajstić information content (AvgIpc) is 3.30. The molecule has 3 aromatic rings. The highest BCUT2D eigenvalue weighted by molar-refractivity contribution is 5.79. The molecule has 0 saturated carbocycles. The highest BCUT2D eigenvalue weighted by Gasteiger charge is 2.32. The van der Waals surface area contributed by atoms with E-state index in [9.17, 15) is 14.7 Å². The van der Waals surface area contributed by atoms with Crippen molar-refractivity contribution < 1.29 is 19.4 Å². The van der Waals surface area contributed by atoms with Crippen LogP contribution in [0, 0.1) is 5.92 Å². The first-order valence-electron chi connectivity index (χ1n) is 13.8. The van der Waals surface area contributed by atoms with E-state index in [2.05, 4.69) is 22.8 Å². The van der Waals surface area contributed by atoms with Crippen LogP contribution in [0.1, 0.15) is 61.9 Å².